The zero-order valence-electron chi connectivity index (χ0n) is 12.0. The highest BCUT2D eigenvalue weighted by Gasteiger charge is 2.30. The molecule has 0 N–H and O–H groups in total. The van der Waals surface area contributed by atoms with E-state index in [2.05, 4.69) is 34.2 Å². The molecule has 1 aliphatic carbocycles. The molecular weight excluding hydrogens is 250 g/mol. The lowest BCUT2D eigenvalue weighted by molar-refractivity contribution is 0.445. The van der Waals surface area contributed by atoms with Gasteiger partial charge in [0.05, 0.1) is 0 Å². The summed E-state index contributed by atoms with van der Waals surface area (Å²) in [7, 11) is 0. The summed E-state index contributed by atoms with van der Waals surface area (Å²) in [4.78, 5) is 2.47. The lowest BCUT2D eigenvalue weighted by Crippen LogP contribution is -2.39. The monoisotopic (exact) mass is 271 g/mol. The highest BCUT2D eigenvalue weighted by atomic mass is 15.4. The topological polar surface area (TPSA) is 46.3 Å². The number of rotatable bonds is 3. The van der Waals surface area contributed by atoms with Crippen molar-refractivity contribution in [3.8, 4) is 0 Å². The van der Waals surface area contributed by atoms with Gasteiger partial charge < -0.3 is 4.90 Å². The van der Waals surface area contributed by atoms with Crippen LogP contribution >= 0.6 is 0 Å². The summed E-state index contributed by atoms with van der Waals surface area (Å²) in [6.07, 6.45) is 7.55. The Hall–Kier alpha value is -1.65. The number of hydrogen-bond acceptors (Lipinski definition) is 4. The molecule has 0 aromatic carbocycles. The summed E-state index contributed by atoms with van der Waals surface area (Å²) in [5.74, 6) is 2.72. The fourth-order valence-electron chi connectivity index (χ4n) is 3.27. The van der Waals surface area contributed by atoms with E-state index in [1.54, 1.807) is 0 Å². The van der Waals surface area contributed by atoms with Crippen LogP contribution < -0.4 is 4.90 Å². The molecule has 1 saturated heterocycles. The van der Waals surface area contributed by atoms with Crippen molar-refractivity contribution < 1.29 is 0 Å². The van der Waals surface area contributed by atoms with Crippen LogP contribution in [0.4, 0.5) is 5.82 Å². The second-order valence-electron chi connectivity index (χ2n) is 6.05. The summed E-state index contributed by atoms with van der Waals surface area (Å²) >= 11 is 0. The quantitative estimate of drug-likeness (QED) is 0.861. The third-order valence-corrected chi connectivity index (χ3v) is 4.61. The van der Waals surface area contributed by atoms with Gasteiger partial charge in [-0.05, 0) is 50.7 Å². The number of anilines is 1. The van der Waals surface area contributed by atoms with Crippen molar-refractivity contribution in [1.29, 1.82) is 0 Å². The van der Waals surface area contributed by atoms with E-state index in [9.17, 15) is 0 Å². The van der Waals surface area contributed by atoms with E-state index < -0.39 is 0 Å². The van der Waals surface area contributed by atoms with Crippen LogP contribution in [0, 0.1) is 0 Å². The molecule has 1 unspecified atom stereocenters. The Morgan fingerprint density at radius 1 is 1.15 bits per heavy atom. The van der Waals surface area contributed by atoms with E-state index >= 15 is 0 Å². The van der Waals surface area contributed by atoms with Gasteiger partial charge in [-0.1, -0.05) is 6.92 Å². The Morgan fingerprint density at radius 3 is 2.85 bits per heavy atom. The average molecular weight is 271 g/mol. The van der Waals surface area contributed by atoms with Crippen LogP contribution in [0.1, 0.15) is 57.2 Å². The standard InChI is InChI=1S/C15H21N5/c1-2-12-5-3-4-10-19(12)14-9-8-13-16-17-15(11-6-7-11)20(13)18-14/h8-9,11-12H,2-7,10H2,1H3. The van der Waals surface area contributed by atoms with Gasteiger partial charge in [0.2, 0.25) is 0 Å². The Kier molecular flexibility index (Phi) is 2.86. The van der Waals surface area contributed by atoms with Crippen molar-refractivity contribution in [2.24, 2.45) is 0 Å². The molecule has 2 aliphatic rings. The smallest absolute Gasteiger partial charge is 0.178 e. The van der Waals surface area contributed by atoms with Gasteiger partial charge in [0.1, 0.15) is 5.82 Å². The first-order valence-corrected chi connectivity index (χ1v) is 7.86. The van der Waals surface area contributed by atoms with E-state index in [1.807, 2.05) is 4.52 Å². The number of hydrogen-bond donors (Lipinski definition) is 0. The summed E-state index contributed by atoms with van der Waals surface area (Å²) in [5.41, 5.74) is 0.876. The van der Waals surface area contributed by atoms with Crippen molar-refractivity contribution in [2.45, 2.75) is 57.4 Å². The molecule has 5 heteroatoms. The first-order valence-electron chi connectivity index (χ1n) is 7.86. The van der Waals surface area contributed by atoms with Gasteiger partial charge >= 0.3 is 0 Å². The van der Waals surface area contributed by atoms with Gasteiger partial charge in [-0.15, -0.1) is 15.3 Å². The SMILES string of the molecule is CCC1CCCCN1c1ccc2nnc(C3CC3)n2n1. The average Bonchev–Trinajstić information content (AvgIpc) is 3.26. The number of fused-ring (bicyclic) bond motifs is 1. The van der Waals surface area contributed by atoms with Crippen molar-refractivity contribution in [3.05, 3.63) is 18.0 Å². The minimum Gasteiger partial charge on any atom is -0.352 e. The first-order chi connectivity index (χ1) is 9.86. The molecule has 0 bridgehead atoms. The van der Waals surface area contributed by atoms with Crippen molar-refractivity contribution in [3.63, 3.8) is 0 Å². The zero-order valence-corrected chi connectivity index (χ0v) is 12.0. The van der Waals surface area contributed by atoms with E-state index in [4.69, 9.17) is 5.10 Å². The van der Waals surface area contributed by atoms with Crippen LogP contribution in [0.2, 0.25) is 0 Å². The Bertz CT molecular complexity index is 616. The molecule has 3 heterocycles. The van der Waals surface area contributed by atoms with Crippen LogP contribution in [-0.4, -0.2) is 32.4 Å². The minimum absolute atomic E-state index is 0.580. The molecule has 4 rings (SSSR count). The van der Waals surface area contributed by atoms with Crippen LogP contribution in [0.15, 0.2) is 12.1 Å². The third-order valence-electron chi connectivity index (χ3n) is 4.61. The van der Waals surface area contributed by atoms with Gasteiger partial charge in [0.15, 0.2) is 11.5 Å². The van der Waals surface area contributed by atoms with Crippen LogP contribution in [0.5, 0.6) is 0 Å². The van der Waals surface area contributed by atoms with Gasteiger partial charge in [0, 0.05) is 18.5 Å². The predicted octanol–water partition coefficient (Wildman–Crippen LogP) is 2.77. The summed E-state index contributed by atoms with van der Waals surface area (Å²) in [6, 6.07) is 4.80. The molecule has 1 aliphatic heterocycles. The Balaban J connectivity index is 1.73. The lowest BCUT2D eigenvalue weighted by atomic mass is 10.0. The molecule has 0 spiro atoms. The molecule has 0 radical (unpaired) electrons. The molecule has 1 atom stereocenters. The van der Waals surface area contributed by atoms with Crippen LogP contribution in [0.25, 0.3) is 5.65 Å². The zero-order chi connectivity index (χ0) is 13.5. The molecule has 2 aromatic heterocycles. The maximum atomic E-state index is 4.84. The van der Waals surface area contributed by atoms with Gasteiger partial charge in [-0.3, -0.25) is 0 Å². The number of piperidine rings is 1. The maximum absolute atomic E-state index is 4.84. The van der Waals surface area contributed by atoms with Crippen molar-refractivity contribution in [2.75, 3.05) is 11.4 Å². The molecule has 0 amide bonds. The number of aromatic nitrogens is 4. The van der Waals surface area contributed by atoms with E-state index in [1.165, 1.54) is 38.5 Å². The third kappa shape index (κ3) is 1.96. The molecule has 2 aromatic rings. The lowest BCUT2D eigenvalue weighted by Gasteiger charge is -2.36. The van der Waals surface area contributed by atoms with Crippen molar-refractivity contribution >= 4 is 11.5 Å². The van der Waals surface area contributed by atoms with Gasteiger partial charge in [-0.2, -0.15) is 4.52 Å². The molecule has 5 nitrogen and oxygen atoms in total. The van der Waals surface area contributed by atoms with Gasteiger partial charge in [-0.25, -0.2) is 0 Å². The maximum Gasteiger partial charge on any atom is 0.178 e. The largest absolute Gasteiger partial charge is 0.352 e. The Morgan fingerprint density at radius 2 is 2.05 bits per heavy atom. The fraction of sp³-hybridized carbons (Fsp3) is 0.667. The first kappa shape index (κ1) is 12.1. The highest BCUT2D eigenvalue weighted by molar-refractivity contribution is 5.47. The highest BCUT2D eigenvalue weighted by Crippen LogP contribution is 2.38. The van der Waals surface area contributed by atoms with E-state index in [0.29, 0.717) is 12.0 Å². The Labute approximate surface area is 119 Å². The second-order valence-corrected chi connectivity index (χ2v) is 6.05. The number of nitrogens with zero attached hydrogens (tertiary/aromatic N) is 5. The van der Waals surface area contributed by atoms with Crippen LogP contribution in [-0.2, 0) is 0 Å². The second kappa shape index (κ2) is 4.72. The normalized spacial score (nSPS) is 23.4. The summed E-state index contributed by atoms with van der Waals surface area (Å²) in [5, 5.41) is 13.4. The van der Waals surface area contributed by atoms with Crippen molar-refractivity contribution in [1.82, 2.24) is 19.8 Å². The summed E-state index contributed by atoms with van der Waals surface area (Å²) < 4.78 is 1.97. The van der Waals surface area contributed by atoms with E-state index in [-0.39, 0.29) is 0 Å². The predicted molar refractivity (Wildman–Crippen MR) is 78.0 cm³/mol. The molecular formula is C15H21N5. The molecule has 106 valence electrons. The summed E-state index contributed by atoms with van der Waals surface area (Å²) in [6.45, 7) is 3.40. The molecule has 2 fully saturated rings. The van der Waals surface area contributed by atoms with Gasteiger partial charge in [0.25, 0.3) is 0 Å². The van der Waals surface area contributed by atoms with E-state index in [0.717, 1.165) is 23.8 Å². The van der Waals surface area contributed by atoms with Crippen LogP contribution in [0.3, 0.4) is 0 Å². The molecule has 1 saturated carbocycles. The molecule has 20 heavy (non-hydrogen) atoms. The minimum atomic E-state index is 0.580. The fourth-order valence-corrected chi connectivity index (χ4v) is 3.27.